The minimum Gasteiger partial charge on any atom is -0.355 e. The van der Waals surface area contributed by atoms with Crippen LogP contribution >= 0.6 is 0 Å². The molecule has 6 nitrogen and oxygen atoms in total. The molecule has 7 heteroatoms. The van der Waals surface area contributed by atoms with Crippen molar-refractivity contribution in [2.75, 3.05) is 6.54 Å². The summed E-state index contributed by atoms with van der Waals surface area (Å²) < 4.78 is 18.4. The summed E-state index contributed by atoms with van der Waals surface area (Å²) in [6.45, 7) is 6.55. The van der Waals surface area contributed by atoms with E-state index in [-0.39, 0.29) is 35.3 Å². The molecule has 3 rings (SSSR count). The van der Waals surface area contributed by atoms with Crippen LogP contribution in [0.5, 0.6) is 0 Å². The summed E-state index contributed by atoms with van der Waals surface area (Å²) in [5.74, 6) is -0.138. The van der Waals surface area contributed by atoms with Crippen molar-refractivity contribution >= 4 is 11.8 Å². The van der Waals surface area contributed by atoms with E-state index in [0.29, 0.717) is 24.3 Å². The average molecular weight is 387 g/mol. The van der Waals surface area contributed by atoms with Gasteiger partial charge in [0.2, 0.25) is 5.91 Å². The Morgan fingerprint density at radius 3 is 2.71 bits per heavy atom. The van der Waals surface area contributed by atoms with E-state index < -0.39 is 6.04 Å². The van der Waals surface area contributed by atoms with Crippen molar-refractivity contribution in [3.05, 3.63) is 41.8 Å². The lowest BCUT2D eigenvalue weighted by atomic mass is 9.96. The molecule has 1 aliphatic rings. The second kappa shape index (κ2) is 8.54. The Morgan fingerprint density at radius 1 is 1.36 bits per heavy atom. The molecule has 1 saturated heterocycles. The van der Waals surface area contributed by atoms with E-state index in [1.54, 1.807) is 23.1 Å². The van der Waals surface area contributed by atoms with Crippen LogP contribution in [0.15, 0.2) is 34.9 Å². The minimum absolute atomic E-state index is 0.0617. The zero-order valence-corrected chi connectivity index (χ0v) is 16.4. The summed E-state index contributed by atoms with van der Waals surface area (Å²) in [6.07, 6.45) is 2.31. The maximum absolute atomic E-state index is 13.1. The number of amides is 2. The quantitative estimate of drug-likeness (QED) is 0.821. The smallest absolute Gasteiger partial charge is 0.276 e. The van der Waals surface area contributed by atoms with E-state index in [0.717, 1.165) is 12.8 Å². The molecular weight excluding hydrogens is 361 g/mol. The molecule has 0 aliphatic carbocycles. The third-order valence-corrected chi connectivity index (χ3v) is 4.89. The molecule has 0 radical (unpaired) electrons. The maximum atomic E-state index is 13.1. The molecule has 2 unspecified atom stereocenters. The highest BCUT2D eigenvalue weighted by Crippen LogP contribution is 2.24. The fourth-order valence-electron chi connectivity index (χ4n) is 3.54. The fraction of sp³-hybridized carbons (Fsp3) is 0.476. The van der Waals surface area contributed by atoms with Crippen LogP contribution in [0.1, 0.15) is 50.5 Å². The number of halogens is 1. The lowest BCUT2D eigenvalue weighted by Crippen LogP contribution is -2.61. The predicted molar refractivity (Wildman–Crippen MR) is 103 cm³/mol. The van der Waals surface area contributed by atoms with Crippen LogP contribution in [-0.2, 0) is 4.79 Å². The highest BCUT2D eigenvalue weighted by Gasteiger charge is 2.38. The number of nitrogens with one attached hydrogen (secondary N) is 1. The van der Waals surface area contributed by atoms with Crippen LogP contribution in [0.3, 0.4) is 0 Å². The first-order chi connectivity index (χ1) is 13.4. The van der Waals surface area contributed by atoms with E-state index in [9.17, 15) is 14.0 Å². The van der Waals surface area contributed by atoms with Gasteiger partial charge >= 0.3 is 0 Å². The van der Waals surface area contributed by atoms with Gasteiger partial charge in [0.1, 0.15) is 11.9 Å². The minimum atomic E-state index is -0.522. The largest absolute Gasteiger partial charge is 0.355 e. The van der Waals surface area contributed by atoms with Crippen LogP contribution in [-0.4, -0.2) is 40.5 Å². The number of piperazine rings is 1. The van der Waals surface area contributed by atoms with Crippen molar-refractivity contribution in [1.29, 1.82) is 0 Å². The Bertz CT molecular complexity index is 832. The molecule has 1 aromatic carbocycles. The van der Waals surface area contributed by atoms with E-state index in [1.165, 1.54) is 12.1 Å². The third kappa shape index (κ3) is 4.40. The molecule has 0 spiro atoms. The fourth-order valence-corrected chi connectivity index (χ4v) is 3.54. The monoisotopic (exact) mass is 387 g/mol. The van der Waals surface area contributed by atoms with Crippen LogP contribution in [0.25, 0.3) is 11.3 Å². The molecule has 0 bridgehead atoms. The lowest BCUT2D eigenvalue weighted by Gasteiger charge is -2.39. The summed E-state index contributed by atoms with van der Waals surface area (Å²) in [4.78, 5) is 27.4. The molecule has 2 atom stereocenters. The lowest BCUT2D eigenvalue weighted by molar-refractivity contribution is -0.130. The highest BCUT2D eigenvalue weighted by molar-refractivity contribution is 5.97. The third-order valence-electron chi connectivity index (χ3n) is 4.89. The van der Waals surface area contributed by atoms with E-state index in [1.807, 2.05) is 20.8 Å². The van der Waals surface area contributed by atoms with Crippen molar-refractivity contribution < 1.29 is 18.5 Å². The van der Waals surface area contributed by atoms with E-state index in [2.05, 4.69) is 10.5 Å². The number of carbonyl (C=O) groups is 2. The summed E-state index contributed by atoms with van der Waals surface area (Å²) in [7, 11) is 0. The SMILES string of the molecule is CCCC1CN(C(=O)c2cc(-c3ccc(F)cc3)on2)C(CC(C)C)C(=O)N1. The Kier molecular flexibility index (Phi) is 6.11. The van der Waals surface area contributed by atoms with Gasteiger partial charge < -0.3 is 14.7 Å². The summed E-state index contributed by atoms with van der Waals surface area (Å²) >= 11 is 0. The Balaban J connectivity index is 1.84. The van der Waals surface area contributed by atoms with Gasteiger partial charge in [0.05, 0.1) is 0 Å². The van der Waals surface area contributed by atoms with E-state index in [4.69, 9.17) is 4.52 Å². The first-order valence-corrected chi connectivity index (χ1v) is 9.73. The Labute approximate surface area is 164 Å². The van der Waals surface area contributed by atoms with Gasteiger partial charge in [-0.15, -0.1) is 0 Å². The van der Waals surface area contributed by atoms with Crippen molar-refractivity contribution in [1.82, 2.24) is 15.4 Å². The molecule has 2 heterocycles. The van der Waals surface area contributed by atoms with Gasteiger partial charge in [-0.05, 0) is 43.0 Å². The molecule has 1 fully saturated rings. The second-order valence-corrected chi connectivity index (χ2v) is 7.68. The molecule has 1 aromatic heterocycles. The number of nitrogens with zero attached hydrogens (tertiary/aromatic N) is 2. The van der Waals surface area contributed by atoms with Crippen LogP contribution in [0.2, 0.25) is 0 Å². The number of benzene rings is 1. The zero-order chi connectivity index (χ0) is 20.3. The predicted octanol–water partition coefficient (Wildman–Crippen LogP) is 3.64. The van der Waals surface area contributed by atoms with Gasteiger partial charge in [0.15, 0.2) is 11.5 Å². The van der Waals surface area contributed by atoms with Gasteiger partial charge in [-0.3, -0.25) is 9.59 Å². The average Bonchev–Trinajstić information content (AvgIpc) is 3.14. The Morgan fingerprint density at radius 2 is 2.07 bits per heavy atom. The first kappa shape index (κ1) is 20.0. The topological polar surface area (TPSA) is 75.4 Å². The maximum Gasteiger partial charge on any atom is 0.276 e. The molecule has 2 amide bonds. The normalized spacial score (nSPS) is 19.8. The van der Waals surface area contributed by atoms with Gasteiger partial charge in [0, 0.05) is 24.2 Å². The van der Waals surface area contributed by atoms with Crippen LogP contribution in [0.4, 0.5) is 4.39 Å². The standard InChI is InChI=1S/C21H26FN3O3/c1-4-5-16-12-25(18(10-13(2)3)20(26)23-16)21(27)17-11-19(28-24-17)14-6-8-15(22)9-7-14/h6-9,11,13,16,18H,4-5,10,12H2,1-3H3,(H,23,26). The first-order valence-electron chi connectivity index (χ1n) is 9.73. The van der Waals surface area contributed by atoms with Gasteiger partial charge in [-0.1, -0.05) is 32.3 Å². The number of rotatable bonds is 6. The molecule has 28 heavy (non-hydrogen) atoms. The highest BCUT2D eigenvalue weighted by atomic mass is 19.1. The van der Waals surface area contributed by atoms with E-state index >= 15 is 0 Å². The van der Waals surface area contributed by atoms with Crippen molar-refractivity contribution in [2.45, 2.75) is 52.1 Å². The van der Waals surface area contributed by atoms with Crippen molar-refractivity contribution in [3.8, 4) is 11.3 Å². The summed E-state index contributed by atoms with van der Waals surface area (Å²) in [5.41, 5.74) is 0.782. The molecular formula is C21H26FN3O3. The number of aromatic nitrogens is 1. The van der Waals surface area contributed by atoms with Gasteiger partial charge in [0.25, 0.3) is 5.91 Å². The molecule has 1 aliphatic heterocycles. The molecule has 150 valence electrons. The molecule has 0 saturated carbocycles. The van der Waals surface area contributed by atoms with Crippen LogP contribution < -0.4 is 5.32 Å². The van der Waals surface area contributed by atoms with Crippen molar-refractivity contribution in [3.63, 3.8) is 0 Å². The molecule has 1 N–H and O–H groups in total. The number of carbonyl (C=O) groups excluding carboxylic acids is 2. The number of hydrogen-bond acceptors (Lipinski definition) is 4. The summed E-state index contributed by atoms with van der Waals surface area (Å²) in [6, 6.07) is 6.74. The second-order valence-electron chi connectivity index (χ2n) is 7.68. The van der Waals surface area contributed by atoms with Crippen LogP contribution in [0, 0.1) is 11.7 Å². The summed E-state index contributed by atoms with van der Waals surface area (Å²) in [5, 5.41) is 6.94. The van der Waals surface area contributed by atoms with Gasteiger partial charge in [-0.2, -0.15) is 0 Å². The Hall–Kier alpha value is -2.70. The molecule has 2 aromatic rings. The number of hydrogen-bond donors (Lipinski definition) is 1. The van der Waals surface area contributed by atoms with Gasteiger partial charge in [-0.25, -0.2) is 4.39 Å². The van der Waals surface area contributed by atoms with Crippen molar-refractivity contribution in [2.24, 2.45) is 5.92 Å². The zero-order valence-electron chi connectivity index (χ0n) is 16.4.